The Balaban J connectivity index is 1.85. The molecule has 0 aromatic carbocycles. The molecular formula is C49H98N3O+. The van der Waals surface area contributed by atoms with Crippen LogP contribution >= 0.6 is 0 Å². The Kier molecular flexibility index (Phi) is 38.5. The van der Waals surface area contributed by atoms with Crippen molar-refractivity contribution in [3.8, 4) is 0 Å². The summed E-state index contributed by atoms with van der Waals surface area (Å²) in [5.74, 6) is 0.224. The van der Waals surface area contributed by atoms with Crippen LogP contribution in [0, 0.1) is 0 Å². The van der Waals surface area contributed by atoms with E-state index in [0.717, 1.165) is 13.0 Å². The van der Waals surface area contributed by atoms with Crippen LogP contribution in [0.5, 0.6) is 0 Å². The highest BCUT2D eigenvalue weighted by Crippen LogP contribution is 2.17. The molecule has 1 rings (SSSR count). The molecule has 2 unspecified atom stereocenters. The molecule has 1 heterocycles. The summed E-state index contributed by atoms with van der Waals surface area (Å²) >= 11 is 0. The van der Waals surface area contributed by atoms with Crippen LogP contribution in [0.15, 0.2) is 0 Å². The molecule has 1 aliphatic heterocycles. The van der Waals surface area contributed by atoms with E-state index >= 15 is 0 Å². The first kappa shape index (κ1) is 50.1. The van der Waals surface area contributed by atoms with Crippen molar-refractivity contribution in [2.24, 2.45) is 0 Å². The first-order valence-corrected chi connectivity index (χ1v) is 24.8. The second-order valence-corrected chi connectivity index (χ2v) is 17.4. The van der Waals surface area contributed by atoms with E-state index in [1.54, 1.807) is 0 Å². The molecule has 0 fully saturated rings. The minimum atomic E-state index is 0.0768. The third-order valence-corrected chi connectivity index (χ3v) is 12.2. The number of hydrogen-bond acceptors (Lipinski definition) is 2. The Hall–Kier alpha value is -0.900. The molecule has 0 aromatic heterocycles. The zero-order valence-electron chi connectivity index (χ0n) is 36.8. The van der Waals surface area contributed by atoms with Crippen LogP contribution in [-0.4, -0.2) is 35.6 Å². The molecule has 0 aliphatic carbocycles. The van der Waals surface area contributed by atoms with Crippen molar-refractivity contribution in [3.63, 3.8) is 0 Å². The van der Waals surface area contributed by atoms with E-state index in [2.05, 4.69) is 42.2 Å². The third-order valence-electron chi connectivity index (χ3n) is 12.2. The number of hydrogen-bond donors (Lipinski definition) is 2. The molecule has 0 spiro atoms. The van der Waals surface area contributed by atoms with Gasteiger partial charge >= 0.3 is 0 Å². The second-order valence-electron chi connectivity index (χ2n) is 17.4. The molecule has 2 N–H and O–H groups in total. The maximum Gasteiger partial charge on any atom is 0.226 e. The maximum absolute atomic E-state index is 12.7. The second kappa shape index (κ2) is 40.8. The third kappa shape index (κ3) is 34.1. The standard InChI is InChI=1S/C49H97N3O/c1-4-6-8-10-12-14-16-18-20-22-24-26-27-29-31-33-35-37-39-41-43-48-50-45-46-52(48)47(3)51-49(53)44-42-40-38-36-34-32-30-28-25-23-21-19-17-15-13-11-9-7-5-2/h46-48,50H,4-45H2,1-3H3/p+1. The van der Waals surface area contributed by atoms with E-state index in [1.807, 2.05) is 0 Å². The van der Waals surface area contributed by atoms with E-state index in [4.69, 9.17) is 0 Å². The summed E-state index contributed by atoms with van der Waals surface area (Å²) in [5.41, 5.74) is 0. The number of carbonyl (C=O) groups is 1. The average Bonchev–Trinajstić information content (AvgIpc) is 3.64. The van der Waals surface area contributed by atoms with Gasteiger partial charge in [-0.15, -0.1) is 0 Å². The quantitative estimate of drug-likeness (QED) is 0.0482. The lowest BCUT2D eigenvalue weighted by Gasteiger charge is -2.17. The normalized spacial score (nSPS) is 14.9. The summed E-state index contributed by atoms with van der Waals surface area (Å²) in [6.07, 6.45) is 59.5. The lowest BCUT2D eigenvalue weighted by atomic mass is 10.0. The van der Waals surface area contributed by atoms with Crippen molar-refractivity contribution in [2.45, 2.75) is 296 Å². The molecular weight excluding hydrogens is 647 g/mol. The van der Waals surface area contributed by atoms with Crippen LogP contribution in [0.25, 0.3) is 0 Å². The van der Waals surface area contributed by atoms with Gasteiger partial charge in [0.15, 0.2) is 6.21 Å². The van der Waals surface area contributed by atoms with E-state index < -0.39 is 0 Å². The van der Waals surface area contributed by atoms with Gasteiger partial charge in [-0.2, -0.15) is 0 Å². The molecule has 0 saturated heterocycles. The molecule has 314 valence electrons. The fourth-order valence-electron chi connectivity index (χ4n) is 8.54. The Morgan fingerprint density at radius 1 is 0.491 bits per heavy atom. The Morgan fingerprint density at radius 3 is 1.09 bits per heavy atom. The van der Waals surface area contributed by atoms with E-state index in [1.165, 1.54) is 250 Å². The zero-order chi connectivity index (χ0) is 38.1. The van der Waals surface area contributed by atoms with Gasteiger partial charge in [-0.3, -0.25) is 10.1 Å². The van der Waals surface area contributed by atoms with Crippen molar-refractivity contribution in [1.29, 1.82) is 0 Å². The number of unbranched alkanes of at least 4 members (excludes halogenated alkanes) is 37. The van der Waals surface area contributed by atoms with Gasteiger partial charge in [0, 0.05) is 19.8 Å². The molecule has 1 amide bonds. The fourth-order valence-corrected chi connectivity index (χ4v) is 8.54. The number of rotatable bonds is 43. The molecule has 0 aromatic rings. The van der Waals surface area contributed by atoms with Gasteiger partial charge in [0.25, 0.3) is 0 Å². The Bertz CT molecular complexity index is 782. The molecule has 0 bridgehead atoms. The highest BCUT2D eigenvalue weighted by molar-refractivity contribution is 5.76. The number of nitrogens with zero attached hydrogens (tertiary/aromatic N) is 1. The number of carbonyl (C=O) groups excluding carboxylic acids is 1. The minimum Gasteiger partial charge on any atom is -0.299 e. The Labute approximate surface area is 334 Å². The van der Waals surface area contributed by atoms with Crippen molar-refractivity contribution < 1.29 is 9.37 Å². The van der Waals surface area contributed by atoms with E-state index in [0.29, 0.717) is 12.6 Å². The van der Waals surface area contributed by atoms with Gasteiger partial charge < -0.3 is 0 Å². The van der Waals surface area contributed by atoms with Crippen LogP contribution in [0.2, 0.25) is 0 Å². The van der Waals surface area contributed by atoms with Gasteiger partial charge in [-0.25, -0.2) is 9.89 Å². The summed E-state index contributed by atoms with van der Waals surface area (Å²) < 4.78 is 2.37. The summed E-state index contributed by atoms with van der Waals surface area (Å²) in [6.45, 7) is 7.68. The zero-order valence-corrected chi connectivity index (χ0v) is 36.8. The highest BCUT2D eigenvalue weighted by atomic mass is 16.1. The molecule has 4 nitrogen and oxygen atoms in total. The lowest BCUT2D eigenvalue weighted by molar-refractivity contribution is -0.595. The number of nitrogens with one attached hydrogen (secondary N) is 2. The molecule has 2 atom stereocenters. The summed E-state index contributed by atoms with van der Waals surface area (Å²) in [5, 5.41) is 6.94. The first-order valence-electron chi connectivity index (χ1n) is 24.8. The SMILES string of the molecule is CCCCCCCCCCCCCCCCCCCCCCC1NCC=[N+]1C(C)NC(=O)CCCCCCCCCCCCCCCCCCCCC. The highest BCUT2D eigenvalue weighted by Gasteiger charge is 2.30. The largest absolute Gasteiger partial charge is 0.299 e. The molecule has 0 radical (unpaired) electrons. The van der Waals surface area contributed by atoms with Crippen LogP contribution in [0.1, 0.15) is 284 Å². The minimum absolute atomic E-state index is 0.0768. The monoisotopic (exact) mass is 745 g/mol. The topological polar surface area (TPSA) is 44.1 Å². The Morgan fingerprint density at radius 2 is 0.774 bits per heavy atom. The molecule has 53 heavy (non-hydrogen) atoms. The molecule has 1 aliphatic rings. The van der Waals surface area contributed by atoms with E-state index in [9.17, 15) is 4.79 Å². The smallest absolute Gasteiger partial charge is 0.226 e. The van der Waals surface area contributed by atoms with Crippen LogP contribution in [0.4, 0.5) is 0 Å². The summed E-state index contributed by atoms with van der Waals surface area (Å²) in [4.78, 5) is 12.7. The maximum atomic E-state index is 12.7. The van der Waals surface area contributed by atoms with Crippen LogP contribution in [0.3, 0.4) is 0 Å². The van der Waals surface area contributed by atoms with Gasteiger partial charge in [0.05, 0.1) is 6.54 Å². The fraction of sp³-hybridized carbons (Fsp3) is 0.959. The average molecular weight is 745 g/mol. The van der Waals surface area contributed by atoms with Crippen molar-refractivity contribution in [2.75, 3.05) is 6.54 Å². The van der Waals surface area contributed by atoms with Gasteiger partial charge in [0.1, 0.15) is 0 Å². The predicted octanol–water partition coefficient (Wildman–Crippen LogP) is 15.5. The molecule has 4 heteroatoms. The van der Waals surface area contributed by atoms with Crippen molar-refractivity contribution in [3.05, 3.63) is 0 Å². The molecule has 0 saturated carbocycles. The van der Waals surface area contributed by atoms with Crippen molar-refractivity contribution in [1.82, 2.24) is 10.6 Å². The summed E-state index contributed by atoms with van der Waals surface area (Å²) in [7, 11) is 0. The van der Waals surface area contributed by atoms with Gasteiger partial charge in [0.2, 0.25) is 18.2 Å². The summed E-state index contributed by atoms with van der Waals surface area (Å²) in [6, 6.07) is 0. The first-order chi connectivity index (χ1) is 26.2. The van der Waals surface area contributed by atoms with Gasteiger partial charge in [-0.05, 0) is 12.8 Å². The predicted molar refractivity (Wildman–Crippen MR) is 236 cm³/mol. The van der Waals surface area contributed by atoms with Crippen molar-refractivity contribution >= 4 is 12.1 Å². The van der Waals surface area contributed by atoms with Crippen LogP contribution in [-0.2, 0) is 4.79 Å². The van der Waals surface area contributed by atoms with E-state index in [-0.39, 0.29) is 12.1 Å². The van der Waals surface area contributed by atoms with Gasteiger partial charge in [-0.1, -0.05) is 251 Å². The lowest BCUT2D eigenvalue weighted by Crippen LogP contribution is -2.46. The number of amides is 1. The van der Waals surface area contributed by atoms with Crippen LogP contribution < -0.4 is 10.6 Å².